The van der Waals surface area contributed by atoms with Crippen molar-refractivity contribution in [3.05, 3.63) is 0 Å². The minimum Gasteiger partial charge on any atom is -0.466 e. The van der Waals surface area contributed by atoms with Gasteiger partial charge in [-0.05, 0) is 44.9 Å². The topological polar surface area (TPSA) is 61.8 Å². The molecule has 160 valence electrons. The Bertz CT molecular complexity index is 370. The van der Waals surface area contributed by atoms with Crippen LogP contribution in [0.25, 0.3) is 0 Å². The fourth-order valence-electron chi connectivity index (χ4n) is 2.84. The van der Waals surface area contributed by atoms with Gasteiger partial charge in [-0.25, -0.2) is 0 Å². The Morgan fingerprint density at radius 3 is 2.11 bits per heavy atom. The van der Waals surface area contributed by atoms with Crippen molar-refractivity contribution < 1.29 is 23.8 Å². The number of carbonyl (C=O) groups excluding carboxylic acids is 2. The Balaban J connectivity index is 3.59. The van der Waals surface area contributed by atoms with Crippen molar-refractivity contribution in [1.82, 2.24) is 0 Å². The molecule has 0 radical (unpaired) electrons. The molecule has 0 saturated carbocycles. The van der Waals surface area contributed by atoms with Crippen LogP contribution < -0.4 is 0 Å². The van der Waals surface area contributed by atoms with Gasteiger partial charge in [0.2, 0.25) is 0 Å². The first-order valence-corrected chi connectivity index (χ1v) is 10.8. The lowest BCUT2D eigenvalue weighted by molar-refractivity contribution is -0.149. The van der Waals surface area contributed by atoms with Gasteiger partial charge in [-0.1, -0.05) is 46.0 Å². The van der Waals surface area contributed by atoms with Crippen LogP contribution in [0.15, 0.2) is 0 Å². The van der Waals surface area contributed by atoms with Crippen LogP contribution in [0.5, 0.6) is 0 Å². The van der Waals surface area contributed by atoms with Gasteiger partial charge in [0, 0.05) is 26.6 Å². The van der Waals surface area contributed by atoms with E-state index >= 15 is 0 Å². The molecule has 0 N–H and O–H groups in total. The summed E-state index contributed by atoms with van der Waals surface area (Å²) in [5, 5.41) is 0. The van der Waals surface area contributed by atoms with Crippen LogP contribution in [0.4, 0.5) is 0 Å². The Morgan fingerprint density at radius 1 is 0.778 bits per heavy atom. The number of rotatable bonds is 18. The molecule has 0 bridgehead atoms. The molecule has 0 aliphatic rings. The molecule has 0 aromatic heterocycles. The zero-order valence-electron chi connectivity index (χ0n) is 18.1. The fraction of sp³-hybridized carbons (Fsp3) is 0.909. The third kappa shape index (κ3) is 18.0. The van der Waals surface area contributed by atoms with Crippen molar-refractivity contribution in [1.29, 1.82) is 0 Å². The van der Waals surface area contributed by atoms with E-state index in [1.165, 1.54) is 32.1 Å². The van der Waals surface area contributed by atoms with Crippen LogP contribution in [0, 0.1) is 5.92 Å². The maximum Gasteiger partial charge on any atom is 0.306 e. The van der Waals surface area contributed by atoms with Crippen LogP contribution in [-0.2, 0) is 23.8 Å². The molecule has 0 aliphatic heterocycles. The van der Waals surface area contributed by atoms with E-state index in [0.29, 0.717) is 18.9 Å². The summed E-state index contributed by atoms with van der Waals surface area (Å²) < 4.78 is 15.7. The largest absolute Gasteiger partial charge is 0.466 e. The van der Waals surface area contributed by atoms with Crippen molar-refractivity contribution in [2.24, 2.45) is 5.92 Å². The lowest BCUT2D eigenvalue weighted by Gasteiger charge is -2.13. The lowest BCUT2D eigenvalue weighted by Crippen LogP contribution is -2.15. The third-order valence-electron chi connectivity index (χ3n) is 4.75. The molecule has 0 spiro atoms. The van der Waals surface area contributed by atoms with Crippen LogP contribution in [0.2, 0.25) is 0 Å². The van der Waals surface area contributed by atoms with Gasteiger partial charge < -0.3 is 14.2 Å². The first-order chi connectivity index (χ1) is 13.0. The standard InChI is InChI=1S/C22H42O5/c1-5-6-7-8-9-10-12-20(3)27-22(24)14-11-13-21(23)26-18-16-19(2)15-17-25-4/h19-20H,5-18H2,1-4H3. The van der Waals surface area contributed by atoms with E-state index in [-0.39, 0.29) is 30.9 Å². The van der Waals surface area contributed by atoms with Gasteiger partial charge in [0.25, 0.3) is 0 Å². The van der Waals surface area contributed by atoms with Gasteiger partial charge in [-0.3, -0.25) is 9.59 Å². The average molecular weight is 387 g/mol. The second-order valence-electron chi connectivity index (χ2n) is 7.61. The van der Waals surface area contributed by atoms with Crippen molar-refractivity contribution in [3.63, 3.8) is 0 Å². The first kappa shape index (κ1) is 25.9. The number of hydrogen-bond donors (Lipinski definition) is 0. The molecule has 0 heterocycles. The van der Waals surface area contributed by atoms with Crippen LogP contribution in [0.3, 0.4) is 0 Å². The Labute approximate surface area is 166 Å². The number of methoxy groups -OCH3 is 1. The maximum absolute atomic E-state index is 11.8. The van der Waals surface area contributed by atoms with Gasteiger partial charge in [-0.15, -0.1) is 0 Å². The number of unbranched alkanes of at least 4 members (excludes halogenated alkanes) is 5. The molecule has 0 amide bonds. The summed E-state index contributed by atoms with van der Waals surface area (Å²) in [5.41, 5.74) is 0. The highest BCUT2D eigenvalue weighted by Gasteiger charge is 2.11. The zero-order valence-corrected chi connectivity index (χ0v) is 18.1. The van der Waals surface area contributed by atoms with Crippen molar-refractivity contribution >= 4 is 11.9 Å². The van der Waals surface area contributed by atoms with Crippen LogP contribution in [-0.4, -0.2) is 38.4 Å². The summed E-state index contributed by atoms with van der Waals surface area (Å²) in [6.45, 7) is 7.45. The quantitative estimate of drug-likeness (QED) is 0.232. The molecule has 2 atom stereocenters. The zero-order chi connectivity index (χ0) is 20.3. The Morgan fingerprint density at radius 2 is 1.41 bits per heavy atom. The van der Waals surface area contributed by atoms with Crippen LogP contribution in [0.1, 0.15) is 97.8 Å². The summed E-state index contributed by atoms with van der Waals surface area (Å²) in [6, 6.07) is 0. The van der Waals surface area contributed by atoms with Crippen molar-refractivity contribution in [3.8, 4) is 0 Å². The summed E-state index contributed by atoms with van der Waals surface area (Å²) >= 11 is 0. The van der Waals surface area contributed by atoms with Gasteiger partial charge in [-0.2, -0.15) is 0 Å². The molecule has 0 rings (SSSR count). The second kappa shape index (κ2) is 18.3. The summed E-state index contributed by atoms with van der Waals surface area (Å²) in [5.74, 6) is 0.0252. The molecule has 5 heteroatoms. The van der Waals surface area contributed by atoms with E-state index in [1.807, 2.05) is 6.92 Å². The first-order valence-electron chi connectivity index (χ1n) is 10.8. The highest BCUT2D eigenvalue weighted by atomic mass is 16.5. The minimum atomic E-state index is -0.234. The summed E-state index contributed by atoms with van der Waals surface area (Å²) in [7, 11) is 1.69. The molecule has 0 aliphatic carbocycles. The van der Waals surface area contributed by atoms with E-state index in [0.717, 1.165) is 32.3 Å². The molecule has 0 aromatic carbocycles. The number of hydrogen-bond acceptors (Lipinski definition) is 5. The molecular formula is C22H42O5. The maximum atomic E-state index is 11.8. The predicted octanol–water partition coefficient (Wildman–Crippen LogP) is 5.44. The summed E-state index contributed by atoms with van der Waals surface area (Å²) in [4.78, 5) is 23.5. The lowest BCUT2D eigenvalue weighted by atomic mass is 10.1. The van der Waals surface area contributed by atoms with E-state index in [9.17, 15) is 9.59 Å². The van der Waals surface area contributed by atoms with E-state index < -0.39 is 0 Å². The van der Waals surface area contributed by atoms with E-state index in [2.05, 4.69) is 13.8 Å². The van der Waals surface area contributed by atoms with Crippen molar-refractivity contribution in [2.75, 3.05) is 20.3 Å². The molecule has 0 saturated heterocycles. The molecule has 2 unspecified atom stereocenters. The number of esters is 2. The van der Waals surface area contributed by atoms with Gasteiger partial charge in [0.15, 0.2) is 0 Å². The van der Waals surface area contributed by atoms with Gasteiger partial charge >= 0.3 is 11.9 Å². The van der Waals surface area contributed by atoms with E-state index in [1.54, 1.807) is 7.11 Å². The Kier molecular flexibility index (Phi) is 17.5. The van der Waals surface area contributed by atoms with Crippen LogP contribution >= 0.6 is 0 Å². The smallest absolute Gasteiger partial charge is 0.306 e. The minimum absolute atomic E-state index is 0.0378. The molecule has 0 fully saturated rings. The van der Waals surface area contributed by atoms with Crippen molar-refractivity contribution in [2.45, 2.75) is 104 Å². The van der Waals surface area contributed by atoms with Gasteiger partial charge in [0.05, 0.1) is 12.7 Å². The summed E-state index contributed by atoms with van der Waals surface area (Å²) in [6.07, 6.45) is 11.2. The number of ether oxygens (including phenoxy) is 3. The highest BCUT2D eigenvalue weighted by Crippen LogP contribution is 2.12. The average Bonchev–Trinajstić information content (AvgIpc) is 2.62. The third-order valence-corrected chi connectivity index (χ3v) is 4.75. The SMILES string of the molecule is CCCCCCCCC(C)OC(=O)CCCC(=O)OCCC(C)CCOC. The number of carbonyl (C=O) groups is 2. The molecule has 0 aromatic rings. The van der Waals surface area contributed by atoms with E-state index in [4.69, 9.17) is 14.2 Å². The highest BCUT2D eigenvalue weighted by molar-refractivity contribution is 5.72. The van der Waals surface area contributed by atoms with Gasteiger partial charge in [0.1, 0.15) is 0 Å². The molecular weight excluding hydrogens is 344 g/mol. The monoisotopic (exact) mass is 386 g/mol. The molecule has 27 heavy (non-hydrogen) atoms. The normalized spacial score (nSPS) is 13.2. The molecule has 5 nitrogen and oxygen atoms in total. The Hall–Kier alpha value is -1.10. The fourth-order valence-corrected chi connectivity index (χ4v) is 2.84. The second-order valence-corrected chi connectivity index (χ2v) is 7.61. The predicted molar refractivity (Wildman–Crippen MR) is 109 cm³/mol.